The van der Waals surface area contributed by atoms with Crippen LogP contribution in [0, 0.1) is 84.9 Å². The number of hydrogen-bond acceptors (Lipinski definition) is 22. The van der Waals surface area contributed by atoms with E-state index in [4.69, 9.17) is 91.2 Å². The molecule has 33 nitrogen and oxygen atoms in total. The number of imidazole rings is 1. The van der Waals surface area contributed by atoms with Gasteiger partial charge in [0.05, 0.1) is 46.2 Å². The fourth-order valence-electron chi connectivity index (χ4n) is 17.1. The van der Waals surface area contributed by atoms with Gasteiger partial charge in [-0.15, -0.1) is 0 Å². The summed E-state index contributed by atoms with van der Waals surface area (Å²) in [6.45, 7) is 28.7. The molecule has 1 unspecified atom stereocenters. The maximum absolute atomic E-state index is 14.4. The quantitative estimate of drug-likeness (QED) is 0.0154. The Morgan fingerprint density at radius 1 is 0.823 bits per heavy atom. The Morgan fingerprint density at radius 2 is 1.42 bits per heavy atom. The molecule has 113 heavy (non-hydrogen) atoms. The number of amides is 7. The molecule has 620 valence electrons. The smallest absolute Gasteiger partial charge is 1.00 e. The summed E-state index contributed by atoms with van der Waals surface area (Å²) in [7, 11) is -5.07. The second-order valence-corrected chi connectivity index (χ2v) is 33.5. The van der Waals surface area contributed by atoms with Gasteiger partial charge in [0.15, 0.2) is 18.5 Å². The predicted octanol–water partition coefficient (Wildman–Crippen LogP) is -1.92. The van der Waals surface area contributed by atoms with Gasteiger partial charge in [0, 0.05) is 135 Å². The number of carbonyl (C=O) groups is 7. The molecular weight excluding hydrogens is 1590 g/mol. The molecule has 4 aromatic rings. The van der Waals surface area contributed by atoms with E-state index in [0.29, 0.717) is 75.2 Å². The monoisotopic (exact) mass is 1690 g/mol. The van der Waals surface area contributed by atoms with Gasteiger partial charge in [0.2, 0.25) is 46.9 Å². The van der Waals surface area contributed by atoms with Crippen LogP contribution in [0.5, 0.6) is 0 Å². The van der Waals surface area contributed by atoms with Gasteiger partial charge >= 0.3 is 24.6 Å². The Bertz CT molecular complexity index is 4550. The molecule has 0 aliphatic carbocycles. The molecule has 6 aliphatic rings. The van der Waals surface area contributed by atoms with Gasteiger partial charge in [-0.05, 0) is 124 Å². The zero-order chi connectivity index (χ0) is 81.8. The molecule has 0 saturated carbocycles. The third-order valence-electron chi connectivity index (χ3n) is 23.4. The van der Waals surface area contributed by atoms with E-state index in [2.05, 4.69) is 37.3 Å². The zero-order valence-electron chi connectivity index (χ0n) is 65.8. The molecule has 38 heteroatoms. The van der Waals surface area contributed by atoms with E-state index in [9.17, 15) is 53.2 Å². The number of allylic oxidation sites excluding steroid dienone is 6. The SMILES string of the molecule is C/C1=C2/[N-][C@H]([C@H](CC(N)=O)[C@@]2(C)CCC(=O)NC[C@@H](C)OP(=O)(O)O[C@@H]2[C@@H](O)[C@@H](n3cnc4cc(C)c(C)cc43)O[C@H]2CO)[C@]2(C)N=C(/C(C)=C3N=C(/C=C4N=C1[C@@H](CCC(N)=O)C\4(C)C)[C@@H](CCC(N)=O)[C@]\3(C)CC(N)=O)[C@@H](CCC(N)=O)[C@]2(C)CC(N)=O.Cc1nc(N)c(C[n+]2csc(CCO)c2C)c[nH+]1.[C-]#N.[Cl-].[Cl-].[Co+3]. The number of aliphatic hydroxyl groups excluding tert-OH is 3. The molecule has 2 fully saturated rings. The van der Waals surface area contributed by atoms with E-state index in [1.807, 2.05) is 93.6 Å². The van der Waals surface area contributed by atoms with Crippen LogP contribution in [-0.2, 0) is 81.7 Å². The van der Waals surface area contributed by atoms with E-state index in [-0.39, 0.29) is 125 Å². The summed E-state index contributed by atoms with van der Waals surface area (Å²) < 4.78 is 34.4. The number of benzene rings is 1. The minimum Gasteiger partial charge on any atom is -1.00 e. The molecule has 2 saturated heterocycles. The molecule has 15 atom stereocenters. The van der Waals surface area contributed by atoms with Crippen LogP contribution in [-0.4, -0.2) is 149 Å². The van der Waals surface area contributed by atoms with Gasteiger partial charge in [-0.25, -0.2) is 14.5 Å². The maximum atomic E-state index is 14.4. The first-order valence-electron chi connectivity index (χ1n) is 36.6. The number of thiazole rings is 1. The number of phosphoric ester groups is 1. The van der Waals surface area contributed by atoms with E-state index in [0.717, 1.165) is 22.5 Å². The predicted molar refractivity (Wildman–Crippen MR) is 408 cm³/mol. The number of nitrogens with one attached hydrogen (secondary N) is 2. The Labute approximate surface area is 684 Å². The van der Waals surface area contributed by atoms with Crippen LogP contribution in [0.15, 0.2) is 79.5 Å². The number of aliphatic imine (C=N–C) groups is 3. The van der Waals surface area contributed by atoms with Crippen LogP contribution in [0.1, 0.15) is 172 Å². The average molecular weight is 1690 g/mol. The summed E-state index contributed by atoms with van der Waals surface area (Å²) in [4.78, 5) is 134. The van der Waals surface area contributed by atoms with Crippen LogP contribution in [0.3, 0.4) is 0 Å². The number of anilines is 1. The molecule has 9 heterocycles. The van der Waals surface area contributed by atoms with Gasteiger partial charge in [-0.2, -0.15) is 10.3 Å². The third kappa shape index (κ3) is 20.1. The van der Waals surface area contributed by atoms with Crippen molar-refractivity contribution in [3.8, 4) is 0 Å². The second kappa shape index (κ2) is 38.2. The van der Waals surface area contributed by atoms with Gasteiger partial charge in [-0.3, -0.25) is 57.6 Å². The topological polar surface area (TPSA) is 563 Å². The number of nitrogens with two attached hydrogens (primary N) is 7. The number of primary amides is 6. The van der Waals surface area contributed by atoms with E-state index < -0.39 is 143 Å². The molecule has 7 amide bonds. The molecule has 10 rings (SSSR count). The third-order valence-corrected chi connectivity index (χ3v) is 25.7. The zero-order valence-corrected chi connectivity index (χ0v) is 70.1. The van der Waals surface area contributed by atoms with Crippen molar-refractivity contribution in [3.05, 3.63) is 109 Å². The molecule has 3 aromatic heterocycles. The Hall–Kier alpha value is -7.95. The molecule has 1 aromatic carbocycles. The summed E-state index contributed by atoms with van der Waals surface area (Å²) >= 11 is 1.66. The first-order valence-corrected chi connectivity index (χ1v) is 38.9. The minimum atomic E-state index is -5.07. The van der Waals surface area contributed by atoms with Crippen molar-refractivity contribution in [3.63, 3.8) is 0 Å². The number of halogens is 2. The van der Waals surface area contributed by atoms with Crippen molar-refractivity contribution in [2.75, 3.05) is 25.5 Å². The van der Waals surface area contributed by atoms with Crippen LogP contribution in [0.2, 0.25) is 0 Å². The molecule has 0 spiro atoms. The summed E-state index contributed by atoms with van der Waals surface area (Å²) in [5.74, 6) is -5.97. The number of aryl methyl sites for hydroxylation is 3. The van der Waals surface area contributed by atoms with Crippen molar-refractivity contribution in [1.29, 1.82) is 5.26 Å². The van der Waals surface area contributed by atoms with Crippen molar-refractivity contribution < 1.29 is 123 Å². The molecule has 20 N–H and O–H groups in total. The van der Waals surface area contributed by atoms with Gasteiger partial charge in [-0.1, -0.05) is 52.0 Å². The molecular formula is C75H107Cl2CoN18O15PS+. The summed E-state index contributed by atoms with van der Waals surface area (Å²) in [5, 5.41) is 45.4. The van der Waals surface area contributed by atoms with Gasteiger partial charge < -0.3 is 117 Å². The van der Waals surface area contributed by atoms with Crippen LogP contribution in [0.4, 0.5) is 5.82 Å². The van der Waals surface area contributed by atoms with Gasteiger partial charge in [0.25, 0.3) is 11.6 Å². The number of H-pyrrole nitrogens is 1. The van der Waals surface area contributed by atoms with Gasteiger partial charge in [0.1, 0.15) is 30.1 Å². The fourth-order valence-corrected chi connectivity index (χ4v) is 19.3. The Kier molecular flexibility index (Phi) is 32.3. The Balaban J connectivity index is 0.000000863. The number of carbonyl (C=O) groups excluding carboxylic acids is 7. The Morgan fingerprint density at radius 3 is 2.00 bits per heavy atom. The number of hydrogen-bond donors (Lipinski definition) is 12. The normalized spacial score (nSPS) is 29.0. The number of aliphatic hydroxyl groups is 3. The number of nitrogen functional groups attached to an aromatic ring is 1. The van der Waals surface area contributed by atoms with E-state index in [1.54, 1.807) is 22.8 Å². The van der Waals surface area contributed by atoms with Crippen molar-refractivity contribution in [2.45, 2.75) is 216 Å². The average Bonchev–Trinajstić information content (AvgIpc) is 1.53. The number of ether oxygens (including phenoxy) is 1. The summed E-state index contributed by atoms with van der Waals surface area (Å²) in [6, 6.07) is 2.68. The molecule has 6 aliphatic heterocycles. The van der Waals surface area contributed by atoms with Crippen LogP contribution >= 0.6 is 19.2 Å². The van der Waals surface area contributed by atoms with E-state index >= 15 is 0 Å². The fraction of sp³-hybridized carbons (Fsp3) is 0.587. The standard InChI is InChI=1S/C62H90N13O14P.C12H17N4OS.CN.2ClH.Co/c1-29-20-39-40(21-30(29)2)75(28-70-39)57-52(84)53(41(27-76)87-57)89-90(85,86)88-31(3)26-69-49(83)18-19-59(8)37(22-46(66)80)56-62(11)61(10,25-48(68)82)36(14-17-45(65)79)51(74-62)33(5)55-60(9,24-47(67)81)34(12-15-43(63)77)38(71-55)23-42-58(6,7)35(13-16-44(64)78)50(72-42)32(4)54(59)73-56;1-8-11(3-4-17)18-7-16(8)6-10-5-14-9(2)15-12(10)13;1-2;;;/h20-21,23,28,31,34-37,41,52-53,56-57,76,84H,12-19,22,24-27H2,1-11H3,(H15,63,64,65,66,67,68,69,71,72,73,74,77,78,79,80,81,82,83,85,86);5,7,17H,3-4,6H2,1-2H3,(H2,13,14,15);;2*1H;/q;+1;-1;;;+3/p-2/t31-,34-,35-,36-,37+,41+,52-,53+,56-,57+,59-,60+,61+,62+;;;;;/m1...../s1. The number of fused-ring (bicyclic) bond motifs is 7. The molecule has 0 radical (unpaired) electrons. The first-order chi connectivity index (χ1) is 51.4. The van der Waals surface area contributed by atoms with Crippen molar-refractivity contribution in [2.24, 2.45) is 94.7 Å². The van der Waals surface area contributed by atoms with Crippen molar-refractivity contribution >= 4 is 94.5 Å². The molecule has 8 bridgehead atoms. The van der Waals surface area contributed by atoms with Crippen molar-refractivity contribution in [1.82, 2.24) is 19.9 Å². The van der Waals surface area contributed by atoms with Crippen LogP contribution < -0.4 is 79.8 Å². The number of aromatic amines is 1. The number of aromatic nitrogens is 5. The van der Waals surface area contributed by atoms with Crippen LogP contribution in [0.25, 0.3) is 16.4 Å². The number of nitrogens with zero attached hydrogens (tertiary/aromatic N) is 9. The largest absolute Gasteiger partial charge is 3.00 e. The van der Waals surface area contributed by atoms with E-state index in [1.165, 1.54) is 23.8 Å². The second-order valence-electron chi connectivity index (χ2n) is 31.2. The number of rotatable bonds is 30. The minimum absolute atomic E-state index is 0. The summed E-state index contributed by atoms with van der Waals surface area (Å²) in [6.07, 6.45) is -1.87. The maximum Gasteiger partial charge on any atom is 3.00 e. The first kappa shape index (κ1) is 95.6. The summed E-state index contributed by atoms with van der Waals surface area (Å²) in [5.41, 5.74) is 46.9. The number of phosphoric acid groups is 1.